The highest BCUT2D eigenvalue weighted by molar-refractivity contribution is 6.00. The Morgan fingerprint density at radius 3 is 0.667 bits per heavy atom. The minimum absolute atomic E-state index is 0.156. The maximum atomic E-state index is 14.9. The van der Waals surface area contributed by atoms with E-state index in [1.807, 2.05) is 0 Å². The molecule has 0 atom stereocenters. The van der Waals surface area contributed by atoms with E-state index in [4.69, 9.17) is 0 Å². The third kappa shape index (κ3) is 16.9. The van der Waals surface area contributed by atoms with Crippen molar-refractivity contribution in [2.24, 2.45) is 29.1 Å². The fourth-order valence-electron chi connectivity index (χ4n) is 13.0. The average Bonchev–Trinajstić information content (AvgIpc) is 3.17. The van der Waals surface area contributed by atoms with Gasteiger partial charge in [-0.05, 0) is 75.0 Å². The zero-order chi connectivity index (χ0) is 40.2. The first-order valence-electron chi connectivity index (χ1n) is 26.3. The number of carbonyl (C=O) groups is 2. The van der Waals surface area contributed by atoms with Crippen molar-refractivity contribution in [2.75, 3.05) is 0 Å². The summed E-state index contributed by atoms with van der Waals surface area (Å²) < 4.78 is 0. The molecule has 4 nitrogen and oxygen atoms in total. The van der Waals surface area contributed by atoms with E-state index in [-0.39, 0.29) is 23.7 Å². The first-order chi connectivity index (χ1) is 28.1. The number of carboxylic acids is 2. The molecular weight excluding hydrogens is 701 g/mol. The molecule has 0 heterocycles. The van der Waals surface area contributed by atoms with E-state index in [0.717, 1.165) is 77.0 Å². The van der Waals surface area contributed by atoms with Crippen LogP contribution < -0.4 is 0 Å². The zero-order valence-corrected chi connectivity index (χ0v) is 37.6. The van der Waals surface area contributed by atoms with Crippen LogP contribution >= 0.6 is 0 Å². The molecule has 4 rings (SSSR count). The molecular formula is C53H94O4. The Morgan fingerprint density at radius 2 is 0.474 bits per heavy atom. The van der Waals surface area contributed by atoms with Crippen molar-refractivity contribution in [1.82, 2.24) is 0 Å². The molecule has 4 heteroatoms. The van der Waals surface area contributed by atoms with Crippen molar-refractivity contribution in [3.8, 4) is 0 Å². The molecule has 0 amide bonds. The van der Waals surface area contributed by atoms with Crippen molar-refractivity contribution >= 4 is 11.9 Å². The molecule has 0 aromatic heterocycles. The lowest BCUT2D eigenvalue weighted by atomic mass is 9.49. The van der Waals surface area contributed by atoms with E-state index in [1.54, 1.807) is 0 Å². The van der Waals surface area contributed by atoms with E-state index in [9.17, 15) is 19.8 Å². The summed E-state index contributed by atoms with van der Waals surface area (Å²) >= 11 is 0. The van der Waals surface area contributed by atoms with Gasteiger partial charge in [0.2, 0.25) is 0 Å². The number of hydrogen-bond acceptors (Lipinski definition) is 2. The van der Waals surface area contributed by atoms with Crippen LogP contribution in [0.1, 0.15) is 283 Å². The number of hydrogen-bond donors (Lipinski definition) is 2. The third-order valence-corrected chi connectivity index (χ3v) is 16.0. The molecule has 4 saturated carbocycles. The standard InChI is InChI=1S/C53H94O4/c54-51(55)49(45-37-29-21-13-5-1-6-14-22-30-38-45)50(52(56)57)53(46-39-31-23-15-7-2-8-16-24-32-40-46,47-41-33-25-17-9-3-10-18-26-34-42-47)48-43-35-27-19-11-4-12-20-28-36-44-48/h45-48H,1-44H2,(H,54,55)(H,56,57). The van der Waals surface area contributed by atoms with Gasteiger partial charge >= 0.3 is 11.9 Å². The van der Waals surface area contributed by atoms with Crippen LogP contribution in [0.2, 0.25) is 0 Å². The van der Waals surface area contributed by atoms with Crippen molar-refractivity contribution < 1.29 is 19.8 Å². The van der Waals surface area contributed by atoms with Crippen LogP contribution in [0, 0.1) is 29.1 Å². The van der Waals surface area contributed by atoms with E-state index < -0.39 is 17.4 Å². The van der Waals surface area contributed by atoms with Crippen molar-refractivity contribution in [1.29, 1.82) is 0 Å². The fraction of sp³-hybridized carbons (Fsp3) is 0.925. The largest absolute Gasteiger partial charge is 0.478 e. The Labute approximate surface area is 353 Å². The number of carboxylic acid groups (broad SMARTS) is 2. The predicted molar refractivity (Wildman–Crippen MR) is 242 cm³/mol. The molecule has 0 aromatic rings. The predicted octanol–water partition coefficient (Wildman–Crippen LogP) is 17.1. The van der Waals surface area contributed by atoms with Crippen molar-refractivity contribution in [2.45, 2.75) is 283 Å². The summed E-state index contributed by atoms with van der Waals surface area (Å²) in [7, 11) is 0. The van der Waals surface area contributed by atoms with Crippen LogP contribution in [0.4, 0.5) is 0 Å². The van der Waals surface area contributed by atoms with Gasteiger partial charge in [-0.15, -0.1) is 0 Å². The number of aliphatic carboxylic acids is 2. The summed E-state index contributed by atoms with van der Waals surface area (Å²) in [6.07, 6.45) is 53.1. The second-order valence-electron chi connectivity index (χ2n) is 20.2. The molecule has 0 unspecified atom stereocenters. The molecule has 0 spiro atoms. The molecule has 4 aliphatic carbocycles. The van der Waals surface area contributed by atoms with E-state index in [0.29, 0.717) is 11.1 Å². The molecule has 0 aromatic carbocycles. The first-order valence-corrected chi connectivity index (χ1v) is 26.3. The normalized spacial score (nSPS) is 25.2. The second-order valence-corrected chi connectivity index (χ2v) is 20.2. The average molecular weight is 795 g/mol. The summed E-state index contributed by atoms with van der Waals surface area (Å²) in [6, 6.07) is 0. The molecule has 2 N–H and O–H groups in total. The van der Waals surface area contributed by atoms with Crippen LogP contribution in [-0.4, -0.2) is 22.2 Å². The Bertz CT molecular complexity index is 970. The van der Waals surface area contributed by atoms with Crippen molar-refractivity contribution in [3.63, 3.8) is 0 Å². The molecule has 0 saturated heterocycles. The van der Waals surface area contributed by atoms with Crippen LogP contribution in [0.3, 0.4) is 0 Å². The number of rotatable bonds is 7. The summed E-state index contributed by atoms with van der Waals surface area (Å²) in [5, 5.41) is 23.9. The van der Waals surface area contributed by atoms with Crippen molar-refractivity contribution in [3.05, 3.63) is 11.1 Å². The van der Waals surface area contributed by atoms with Crippen LogP contribution in [0.5, 0.6) is 0 Å². The van der Waals surface area contributed by atoms with E-state index in [2.05, 4.69) is 0 Å². The summed E-state index contributed by atoms with van der Waals surface area (Å²) in [5.41, 5.74) is 0.281. The van der Waals surface area contributed by atoms with E-state index >= 15 is 0 Å². The lowest BCUT2D eigenvalue weighted by Gasteiger charge is -2.54. The van der Waals surface area contributed by atoms with E-state index in [1.165, 1.54) is 205 Å². The van der Waals surface area contributed by atoms with Gasteiger partial charge in [0.1, 0.15) is 0 Å². The van der Waals surface area contributed by atoms with Gasteiger partial charge in [-0.3, -0.25) is 0 Å². The Kier molecular flexibility index (Phi) is 25.3. The van der Waals surface area contributed by atoms with Gasteiger partial charge < -0.3 is 10.2 Å². The Hall–Kier alpha value is -1.32. The second kappa shape index (κ2) is 29.8. The van der Waals surface area contributed by atoms with Gasteiger partial charge in [0.15, 0.2) is 0 Å². The highest BCUT2D eigenvalue weighted by Crippen LogP contribution is 2.60. The first kappa shape index (κ1) is 48.3. The monoisotopic (exact) mass is 795 g/mol. The molecule has 0 bridgehead atoms. The summed E-state index contributed by atoms with van der Waals surface area (Å²) in [5.74, 6) is -1.14. The lowest BCUT2D eigenvalue weighted by Crippen LogP contribution is -2.50. The van der Waals surface area contributed by atoms with Crippen LogP contribution in [-0.2, 0) is 9.59 Å². The van der Waals surface area contributed by atoms with Crippen LogP contribution in [0.25, 0.3) is 0 Å². The minimum atomic E-state index is -0.886. The van der Waals surface area contributed by atoms with Gasteiger partial charge in [0, 0.05) is 5.41 Å². The molecule has 330 valence electrons. The molecule has 0 radical (unpaired) electrons. The molecule has 4 aliphatic rings. The SMILES string of the molecule is O=C(O)C(=C(C(=O)O)C(C1CCCCCCCCCCC1)(C1CCCCCCCCCCC1)C1CCCCCCCCCCC1)C1CCCCCCCCCCC1. The van der Waals surface area contributed by atoms with Gasteiger partial charge in [-0.25, -0.2) is 9.59 Å². The molecule has 57 heavy (non-hydrogen) atoms. The van der Waals surface area contributed by atoms with Gasteiger partial charge in [0.05, 0.1) is 11.1 Å². The summed E-state index contributed by atoms with van der Waals surface area (Å²) in [4.78, 5) is 29.2. The molecule has 4 fully saturated rings. The highest BCUT2D eigenvalue weighted by Gasteiger charge is 2.55. The van der Waals surface area contributed by atoms with Gasteiger partial charge in [-0.2, -0.15) is 0 Å². The van der Waals surface area contributed by atoms with Gasteiger partial charge in [-0.1, -0.05) is 231 Å². The quantitative estimate of drug-likeness (QED) is 0.252. The smallest absolute Gasteiger partial charge is 0.332 e. The minimum Gasteiger partial charge on any atom is -0.478 e. The topological polar surface area (TPSA) is 74.6 Å². The maximum Gasteiger partial charge on any atom is 0.332 e. The summed E-state index contributed by atoms with van der Waals surface area (Å²) in [6.45, 7) is 0. The Morgan fingerprint density at radius 1 is 0.281 bits per heavy atom. The Balaban J connectivity index is 2.01. The van der Waals surface area contributed by atoms with Gasteiger partial charge in [0.25, 0.3) is 0 Å². The van der Waals surface area contributed by atoms with Crippen LogP contribution in [0.15, 0.2) is 11.1 Å². The lowest BCUT2D eigenvalue weighted by molar-refractivity contribution is -0.140. The zero-order valence-electron chi connectivity index (χ0n) is 37.6. The third-order valence-electron chi connectivity index (χ3n) is 16.0. The fourth-order valence-corrected chi connectivity index (χ4v) is 13.0. The maximum absolute atomic E-state index is 14.9. The molecule has 0 aliphatic heterocycles. The highest BCUT2D eigenvalue weighted by atomic mass is 16.4.